The molecule has 3 N–H and O–H groups in total. The Bertz CT molecular complexity index is 2040. The van der Waals surface area contributed by atoms with Crippen molar-refractivity contribution in [3.8, 4) is 5.75 Å². The zero-order valence-electron chi connectivity index (χ0n) is 29.5. The normalized spacial score (nSPS) is 19.5. The maximum absolute atomic E-state index is 14.1. The SMILES string of the molecule is CN1CCCN(C2CCN(C(=O)[C@@H](Cc3cc(Cl)c(O)c(C(F)(F)F)c3)NC(=O)N3CCC(n4c(=O)[nH]c5c6ccccc6ncc54)CC3)CC2)CC1. The van der Waals surface area contributed by atoms with Crippen molar-refractivity contribution in [2.45, 2.75) is 62.8 Å². The summed E-state index contributed by atoms with van der Waals surface area (Å²) in [4.78, 5) is 56.6. The van der Waals surface area contributed by atoms with Crippen LogP contribution in [0.3, 0.4) is 0 Å². The maximum Gasteiger partial charge on any atom is 0.420 e. The van der Waals surface area contributed by atoms with E-state index in [1.807, 2.05) is 24.3 Å². The number of aromatic nitrogens is 3. The van der Waals surface area contributed by atoms with Gasteiger partial charge >= 0.3 is 17.9 Å². The molecular formula is C37H44ClF3N8O4. The zero-order chi connectivity index (χ0) is 37.4. The lowest BCUT2D eigenvalue weighted by atomic mass is 9.98. The fraction of sp³-hybridized carbons (Fsp3) is 0.514. The van der Waals surface area contributed by atoms with Crippen molar-refractivity contribution >= 4 is 45.5 Å². The number of carbonyl (C=O) groups is 2. The number of para-hydroxylation sites is 1. The number of phenolic OH excluding ortho intramolecular Hbond substituents is 1. The average molecular weight is 757 g/mol. The Morgan fingerprint density at radius 2 is 1.68 bits per heavy atom. The molecule has 0 bridgehead atoms. The summed E-state index contributed by atoms with van der Waals surface area (Å²) in [6.07, 6.45) is 0.0624. The number of alkyl halides is 3. The number of nitrogens with one attached hydrogen (secondary N) is 2. The number of fused-ring (bicyclic) bond motifs is 3. The van der Waals surface area contributed by atoms with Crippen LogP contribution in [0.25, 0.3) is 21.9 Å². The largest absolute Gasteiger partial charge is 0.506 e. The van der Waals surface area contributed by atoms with E-state index in [9.17, 15) is 32.7 Å². The number of imidazole rings is 1. The molecule has 16 heteroatoms. The fourth-order valence-electron chi connectivity index (χ4n) is 8.18. The molecule has 0 radical (unpaired) electrons. The van der Waals surface area contributed by atoms with Gasteiger partial charge in [-0.05, 0) is 76.0 Å². The third kappa shape index (κ3) is 7.83. The molecule has 3 saturated heterocycles. The number of halogens is 4. The highest BCUT2D eigenvalue weighted by Crippen LogP contribution is 2.40. The first kappa shape index (κ1) is 37.0. The monoisotopic (exact) mass is 756 g/mol. The van der Waals surface area contributed by atoms with Crippen molar-refractivity contribution < 1.29 is 27.9 Å². The van der Waals surface area contributed by atoms with Crippen molar-refractivity contribution in [2.24, 2.45) is 0 Å². The minimum atomic E-state index is -4.88. The minimum Gasteiger partial charge on any atom is -0.506 e. The van der Waals surface area contributed by atoms with E-state index < -0.39 is 34.6 Å². The van der Waals surface area contributed by atoms with Crippen molar-refractivity contribution in [3.63, 3.8) is 0 Å². The van der Waals surface area contributed by atoms with Gasteiger partial charge in [-0.15, -0.1) is 0 Å². The average Bonchev–Trinajstić information content (AvgIpc) is 3.33. The number of carbonyl (C=O) groups excluding carboxylic acids is 2. The van der Waals surface area contributed by atoms with Gasteiger partial charge in [-0.1, -0.05) is 29.8 Å². The molecule has 3 aliphatic heterocycles. The summed E-state index contributed by atoms with van der Waals surface area (Å²) < 4.78 is 43.1. The predicted octanol–water partition coefficient (Wildman–Crippen LogP) is 4.84. The quantitative estimate of drug-likeness (QED) is 0.257. The number of rotatable bonds is 6. The first-order valence-corrected chi connectivity index (χ1v) is 18.6. The Balaban J connectivity index is 1.06. The predicted molar refractivity (Wildman–Crippen MR) is 195 cm³/mol. The van der Waals surface area contributed by atoms with E-state index in [-0.39, 0.29) is 42.7 Å². The molecule has 3 amide bonds. The Morgan fingerprint density at radius 3 is 2.42 bits per heavy atom. The van der Waals surface area contributed by atoms with Crippen LogP contribution in [-0.4, -0.2) is 123 Å². The molecule has 2 aromatic carbocycles. The second-order valence-corrected chi connectivity index (χ2v) is 14.9. The standard InChI is InChI=1S/C37H44ClF3N8O4/c1-45-11-4-12-46(18-17-45)24-7-13-47(14-8-24)34(51)30(21-23-19-27(37(39,40)41)33(50)28(38)20-23)43-35(52)48-15-9-25(10-16-48)49-31-22-42-29-6-3-2-5-26(29)32(31)44-36(49)53/h2-3,5-6,19-20,22,24-25,30,50H,4,7-18,21H2,1H3,(H,43,52)(H,44,53)/t30-/m1/s1. The van der Waals surface area contributed by atoms with E-state index in [1.54, 1.807) is 20.6 Å². The Morgan fingerprint density at radius 1 is 0.981 bits per heavy atom. The molecule has 284 valence electrons. The number of aromatic hydroxyl groups is 1. The number of piperidine rings is 2. The van der Waals surface area contributed by atoms with Crippen LogP contribution in [0.2, 0.25) is 5.02 Å². The van der Waals surface area contributed by atoms with Crippen LogP contribution in [-0.2, 0) is 17.4 Å². The van der Waals surface area contributed by atoms with Gasteiger partial charge in [-0.25, -0.2) is 9.59 Å². The van der Waals surface area contributed by atoms with Crippen LogP contribution < -0.4 is 11.0 Å². The summed E-state index contributed by atoms with van der Waals surface area (Å²) in [6, 6.07) is 7.94. The van der Waals surface area contributed by atoms with E-state index in [0.29, 0.717) is 43.0 Å². The summed E-state index contributed by atoms with van der Waals surface area (Å²) in [5.41, 5.74) is 0.640. The van der Waals surface area contributed by atoms with Crippen molar-refractivity contribution in [3.05, 3.63) is 69.2 Å². The highest BCUT2D eigenvalue weighted by Gasteiger charge is 2.37. The number of likely N-dealkylation sites (N-methyl/N-ethyl adjacent to an activating group) is 1. The third-order valence-corrected chi connectivity index (χ3v) is 11.4. The number of nitrogens with zero attached hydrogens (tertiary/aromatic N) is 6. The van der Waals surface area contributed by atoms with Gasteiger partial charge in [0, 0.05) is 63.2 Å². The number of hydrogen-bond acceptors (Lipinski definition) is 7. The molecule has 0 unspecified atom stereocenters. The number of phenols is 1. The Labute approximate surface area is 309 Å². The summed E-state index contributed by atoms with van der Waals surface area (Å²) >= 11 is 6.03. The number of aromatic amines is 1. The van der Waals surface area contributed by atoms with Crippen LogP contribution in [0, 0.1) is 0 Å². The van der Waals surface area contributed by atoms with E-state index >= 15 is 0 Å². The number of likely N-dealkylation sites (tertiary alicyclic amines) is 2. The van der Waals surface area contributed by atoms with Crippen LogP contribution in [0.15, 0.2) is 47.4 Å². The van der Waals surface area contributed by atoms with Gasteiger partial charge in [0.15, 0.2) is 0 Å². The van der Waals surface area contributed by atoms with Gasteiger partial charge < -0.3 is 30.1 Å². The molecule has 0 aliphatic carbocycles. The lowest BCUT2D eigenvalue weighted by molar-refractivity contribution is -0.138. The highest BCUT2D eigenvalue weighted by atomic mass is 35.5. The number of pyridine rings is 1. The van der Waals surface area contributed by atoms with Crippen molar-refractivity contribution in [1.82, 2.24) is 39.5 Å². The van der Waals surface area contributed by atoms with E-state index in [4.69, 9.17) is 11.6 Å². The summed E-state index contributed by atoms with van der Waals surface area (Å²) in [6.45, 7) is 5.46. The second-order valence-electron chi connectivity index (χ2n) is 14.5. The van der Waals surface area contributed by atoms with Crippen LogP contribution in [0.4, 0.5) is 18.0 Å². The van der Waals surface area contributed by atoms with Gasteiger partial charge in [0.25, 0.3) is 0 Å². The second kappa shape index (κ2) is 15.2. The smallest absolute Gasteiger partial charge is 0.420 e. The van der Waals surface area contributed by atoms with Crippen LogP contribution in [0.5, 0.6) is 5.75 Å². The first-order chi connectivity index (χ1) is 25.4. The molecule has 7 rings (SSSR count). The minimum absolute atomic E-state index is 0.0564. The first-order valence-electron chi connectivity index (χ1n) is 18.2. The lowest BCUT2D eigenvalue weighted by Crippen LogP contribution is -2.56. The number of H-pyrrole nitrogens is 1. The van der Waals surface area contributed by atoms with Gasteiger partial charge in [0.1, 0.15) is 11.8 Å². The van der Waals surface area contributed by atoms with Gasteiger partial charge in [-0.3, -0.25) is 19.2 Å². The van der Waals surface area contributed by atoms with Gasteiger partial charge in [0.2, 0.25) is 5.91 Å². The Kier molecular flexibility index (Phi) is 10.6. The van der Waals surface area contributed by atoms with E-state index in [2.05, 4.69) is 32.1 Å². The molecule has 3 fully saturated rings. The summed E-state index contributed by atoms with van der Waals surface area (Å²) in [5, 5.41) is 13.2. The molecule has 3 aliphatic rings. The fourth-order valence-corrected chi connectivity index (χ4v) is 8.42. The molecule has 53 heavy (non-hydrogen) atoms. The topological polar surface area (TPSA) is 130 Å². The van der Waals surface area contributed by atoms with E-state index in [0.717, 1.165) is 62.4 Å². The molecular weight excluding hydrogens is 713 g/mol. The summed E-state index contributed by atoms with van der Waals surface area (Å²) in [5.74, 6) is -1.47. The maximum atomic E-state index is 14.1. The third-order valence-electron chi connectivity index (χ3n) is 11.1. The summed E-state index contributed by atoms with van der Waals surface area (Å²) in [7, 11) is 2.12. The zero-order valence-corrected chi connectivity index (χ0v) is 30.3. The molecule has 1 atom stereocenters. The molecule has 0 spiro atoms. The Hall–Kier alpha value is -4.34. The van der Waals surface area contributed by atoms with Crippen molar-refractivity contribution in [1.29, 1.82) is 0 Å². The highest BCUT2D eigenvalue weighted by molar-refractivity contribution is 6.32. The number of amides is 3. The van der Waals surface area contributed by atoms with Crippen LogP contribution >= 0.6 is 11.6 Å². The number of benzene rings is 2. The van der Waals surface area contributed by atoms with Crippen LogP contribution in [0.1, 0.15) is 49.3 Å². The number of urea groups is 1. The van der Waals surface area contributed by atoms with Crippen molar-refractivity contribution in [2.75, 3.05) is 59.4 Å². The molecule has 5 heterocycles. The number of hydrogen-bond donors (Lipinski definition) is 3. The molecule has 12 nitrogen and oxygen atoms in total. The molecule has 0 saturated carbocycles. The van der Waals surface area contributed by atoms with E-state index in [1.165, 1.54) is 6.07 Å². The van der Waals surface area contributed by atoms with Gasteiger partial charge in [-0.2, -0.15) is 13.2 Å². The lowest BCUT2D eigenvalue weighted by Gasteiger charge is -2.39. The molecule has 4 aromatic rings. The molecule has 2 aromatic heterocycles. The van der Waals surface area contributed by atoms with Gasteiger partial charge in [0.05, 0.1) is 33.3 Å².